The average molecular weight is 416 g/mol. The van der Waals surface area contributed by atoms with Crippen LogP contribution in [0.3, 0.4) is 0 Å². The van der Waals surface area contributed by atoms with Crippen molar-refractivity contribution in [1.82, 2.24) is 5.32 Å². The van der Waals surface area contributed by atoms with Crippen molar-refractivity contribution in [2.75, 3.05) is 0 Å². The van der Waals surface area contributed by atoms with E-state index in [4.69, 9.17) is 16.0 Å². The lowest BCUT2D eigenvalue weighted by Crippen LogP contribution is -2.30. The fourth-order valence-corrected chi connectivity index (χ4v) is 3.90. The average Bonchev–Trinajstić information content (AvgIpc) is 3.07. The number of hydrogen-bond acceptors (Lipinski definition) is 2. The van der Waals surface area contributed by atoms with Crippen LogP contribution in [0.25, 0.3) is 11.1 Å². The summed E-state index contributed by atoms with van der Waals surface area (Å²) in [6, 6.07) is 27.0. The van der Waals surface area contributed by atoms with Crippen LogP contribution in [0.5, 0.6) is 0 Å². The highest BCUT2D eigenvalue weighted by atomic mass is 35.5. The summed E-state index contributed by atoms with van der Waals surface area (Å²) in [5.74, 6) is 1.16. The van der Waals surface area contributed by atoms with Gasteiger partial charge in [0.25, 0.3) is 5.91 Å². The van der Waals surface area contributed by atoms with Gasteiger partial charge in [0.05, 0.1) is 11.6 Å². The molecule has 4 heteroatoms. The molecule has 30 heavy (non-hydrogen) atoms. The molecule has 1 aromatic heterocycles. The van der Waals surface area contributed by atoms with E-state index in [1.165, 1.54) is 0 Å². The maximum Gasteiger partial charge on any atom is 0.256 e. The summed E-state index contributed by atoms with van der Waals surface area (Å²) in [6.45, 7) is 3.72. The number of halogens is 1. The van der Waals surface area contributed by atoms with Gasteiger partial charge in [0.15, 0.2) is 0 Å². The molecule has 4 aromatic rings. The molecular formula is C26H22ClNO2. The van der Waals surface area contributed by atoms with Crippen LogP contribution in [-0.4, -0.2) is 5.91 Å². The Morgan fingerprint density at radius 2 is 1.37 bits per heavy atom. The second-order valence-corrected chi connectivity index (χ2v) is 7.64. The molecule has 1 heterocycles. The number of rotatable bonds is 5. The lowest BCUT2D eigenvalue weighted by atomic mass is 9.96. The molecule has 0 radical (unpaired) electrons. The van der Waals surface area contributed by atoms with E-state index >= 15 is 0 Å². The largest absolute Gasteiger partial charge is 0.465 e. The van der Waals surface area contributed by atoms with Gasteiger partial charge < -0.3 is 9.73 Å². The first-order valence-electron chi connectivity index (χ1n) is 9.81. The molecule has 3 aromatic carbocycles. The molecule has 0 aliphatic heterocycles. The Bertz CT molecular complexity index is 1150. The normalized spacial score (nSPS) is 11.8. The van der Waals surface area contributed by atoms with Gasteiger partial charge in [-0.15, -0.1) is 0 Å². The third-order valence-electron chi connectivity index (χ3n) is 5.16. The SMILES string of the molecule is Cc1oc(C)c(-c2ccccc2)c1C(=O)NC(c1ccccc1)c1ccc(Cl)cc1. The Morgan fingerprint density at radius 3 is 2.00 bits per heavy atom. The lowest BCUT2D eigenvalue weighted by Gasteiger charge is -2.20. The summed E-state index contributed by atoms with van der Waals surface area (Å²) in [7, 11) is 0. The number of hydrogen-bond donors (Lipinski definition) is 1. The van der Waals surface area contributed by atoms with Gasteiger partial charge in [-0.25, -0.2) is 0 Å². The standard InChI is InChI=1S/C26H22ClNO2/c1-17-23(19-9-5-3-6-10-19)24(18(2)30-17)26(29)28-25(20-11-7-4-8-12-20)21-13-15-22(27)16-14-21/h3-16,25H,1-2H3,(H,28,29). The van der Waals surface area contributed by atoms with Gasteiger partial charge in [0, 0.05) is 10.6 Å². The molecule has 0 saturated carbocycles. The first-order chi connectivity index (χ1) is 14.5. The van der Waals surface area contributed by atoms with Crippen molar-refractivity contribution in [1.29, 1.82) is 0 Å². The van der Waals surface area contributed by atoms with Gasteiger partial charge in [-0.2, -0.15) is 0 Å². The van der Waals surface area contributed by atoms with E-state index in [9.17, 15) is 4.79 Å². The van der Waals surface area contributed by atoms with Gasteiger partial charge in [-0.05, 0) is 42.7 Å². The van der Waals surface area contributed by atoms with Crippen molar-refractivity contribution >= 4 is 17.5 Å². The van der Waals surface area contributed by atoms with Crippen molar-refractivity contribution in [2.24, 2.45) is 0 Å². The number of aryl methyl sites for hydroxylation is 2. The second-order valence-electron chi connectivity index (χ2n) is 7.20. The number of furan rings is 1. The summed E-state index contributed by atoms with van der Waals surface area (Å²) in [6.07, 6.45) is 0. The smallest absolute Gasteiger partial charge is 0.256 e. The topological polar surface area (TPSA) is 42.2 Å². The molecule has 0 fully saturated rings. The van der Waals surface area contributed by atoms with Crippen molar-refractivity contribution in [3.8, 4) is 11.1 Å². The lowest BCUT2D eigenvalue weighted by molar-refractivity contribution is 0.0942. The van der Waals surface area contributed by atoms with E-state index in [2.05, 4.69) is 5.32 Å². The van der Waals surface area contributed by atoms with Gasteiger partial charge in [0.1, 0.15) is 11.5 Å². The van der Waals surface area contributed by atoms with Crippen LogP contribution in [0.2, 0.25) is 5.02 Å². The van der Waals surface area contributed by atoms with Crippen LogP contribution in [0.1, 0.15) is 39.0 Å². The highest BCUT2D eigenvalue weighted by molar-refractivity contribution is 6.30. The fraction of sp³-hybridized carbons (Fsp3) is 0.115. The van der Waals surface area contributed by atoms with E-state index in [-0.39, 0.29) is 11.9 Å². The molecule has 1 amide bonds. The first-order valence-corrected chi connectivity index (χ1v) is 10.2. The van der Waals surface area contributed by atoms with Gasteiger partial charge in [-0.3, -0.25) is 4.79 Å². The molecule has 3 nitrogen and oxygen atoms in total. The monoisotopic (exact) mass is 415 g/mol. The summed E-state index contributed by atoms with van der Waals surface area (Å²) < 4.78 is 5.85. The Labute approximate surface area is 181 Å². The third kappa shape index (κ3) is 4.03. The minimum atomic E-state index is -0.311. The second kappa shape index (κ2) is 8.60. The predicted octanol–water partition coefficient (Wildman–Crippen LogP) is 6.74. The molecule has 1 unspecified atom stereocenters. The third-order valence-corrected chi connectivity index (χ3v) is 5.41. The van der Waals surface area contributed by atoms with E-state index < -0.39 is 0 Å². The molecule has 0 spiro atoms. The van der Waals surface area contributed by atoms with Crippen molar-refractivity contribution in [2.45, 2.75) is 19.9 Å². The van der Waals surface area contributed by atoms with E-state index in [0.29, 0.717) is 16.3 Å². The zero-order valence-corrected chi connectivity index (χ0v) is 17.6. The van der Waals surface area contributed by atoms with Crippen LogP contribution in [0.15, 0.2) is 89.3 Å². The fourth-order valence-electron chi connectivity index (χ4n) is 3.77. The minimum absolute atomic E-state index is 0.174. The van der Waals surface area contributed by atoms with E-state index in [0.717, 1.165) is 28.0 Å². The van der Waals surface area contributed by atoms with Crippen molar-refractivity contribution < 1.29 is 9.21 Å². The maximum atomic E-state index is 13.5. The maximum absolute atomic E-state index is 13.5. The Balaban J connectivity index is 1.75. The molecule has 1 atom stereocenters. The highest BCUT2D eigenvalue weighted by Gasteiger charge is 2.25. The Morgan fingerprint density at radius 1 is 0.800 bits per heavy atom. The Hall–Kier alpha value is -3.30. The van der Waals surface area contributed by atoms with Crippen LogP contribution < -0.4 is 5.32 Å². The van der Waals surface area contributed by atoms with Crippen molar-refractivity contribution in [3.05, 3.63) is 118 Å². The highest BCUT2D eigenvalue weighted by Crippen LogP contribution is 2.33. The zero-order chi connectivity index (χ0) is 21.1. The molecular weight excluding hydrogens is 394 g/mol. The summed E-state index contributed by atoms with van der Waals surface area (Å²) in [5.41, 5.74) is 4.30. The summed E-state index contributed by atoms with van der Waals surface area (Å²) in [4.78, 5) is 13.5. The van der Waals surface area contributed by atoms with Crippen molar-refractivity contribution in [3.63, 3.8) is 0 Å². The first kappa shape index (κ1) is 20.0. The van der Waals surface area contributed by atoms with Gasteiger partial charge in [-0.1, -0.05) is 84.4 Å². The number of carbonyl (C=O) groups is 1. The van der Waals surface area contributed by atoms with Gasteiger partial charge >= 0.3 is 0 Å². The Kier molecular flexibility index (Phi) is 5.73. The molecule has 0 aliphatic rings. The number of amides is 1. The molecule has 1 N–H and O–H groups in total. The summed E-state index contributed by atoms with van der Waals surface area (Å²) >= 11 is 6.08. The molecule has 0 saturated heterocycles. The van der Waals surface area contributed by atoms with E-state index in [1.54, 1.807) is 0 Å². The quantitative estimate of drug-likeness (QED) is 0.392. The summed E-state index contributed by atoms with van der Waals surface area (Å²) in [5, 5.41) is 3.86. The predicted molar refractivity (Wildman–Crippen MR) is 121 cm³/mol. The molecule has 0 aliphatic carbocycles. The zero-order valence-electron chi connectivity index (χ0n) is 16.9. The van der Waals surface area contributed by atoms with Gasteiger partial charge in [0.2, 0.25) is 0 Å². The minimum Gasteiger partial charge on any atom is -0.465 e. The molecule has 150 valence electrons. The van der Waals surface area contributed by atoms with E-state index in [1.807, 2.05) is 98.8 Å². The number of carbonyl (C=O) groups excluding carboxylic acids is 1. The molecule has 0 bridgehead atoms. The van der Waals surface area contributed by atoms with Crippen LogP contribution in [0, 0.1) is 13.8 Å². The molecule has 4 rings (SSSR count). The van der Waals surface area contributed by atoms with Crippen LogP contribution in [0.4, 0.5) is 0 Å². The number of nitrogens with one attached hydrogen (secondary N) is 1. The van der Waals surface area contributed by atoms with Crippen LogP contribution >= 0.6 is 11.6 Å². The number of benzene rings is 3. The van der Waals surface area contributed by atoms with Crippen LogP contribution in [-0.2, 0) is 0 Å².